The lowest BCUT2D eigenvalue weighted by molar-refractivity contribution is -0.137. The summed E-state index contributed by atoms with van der Waals surface area (Å²) in [7, 11) is 0. The molecule has 0 aliphatic rings. The van der Waals surface area contributed by atoms with Crippen molar-refractivity contribution in [3.05, 3.63) is 29.3 Å². The maximum atomic E-state index is 10.4. The van der Waals surface area contributed by atoms with Gasteiger partial charge in [-0.25, -0.2) is 0 Å². The average molecular weight is 224 g/mol. The van der Waals surface area contributed by atoms with Crippen LogP contribution in [0.1, 0.15) is 24.0 Å². The minimum absolute atomic E-state index is 0.253. The number of carboxylic acid groups (broad SMARTS) is 1. The van der Waals surface area contributed by atoms with Gasteiger partial charge in [0.2, 0.25) is 0 Å². The van der Waals surface area contributed by atoms with E-state index < -0.39 is 5.97 Å². The molecule has 3 heteroatoms. The molecule has 0 heterocycles. The van der Waals surface area contributed by atoms with Gasteiger partial charge in [0.05, 0.1) is 0 Å². The van der Waals surface area contributed by atoms with Gasteiger partial charge in [0.1, 0.15) is 0 Å². The third kappa shape index (κ3) is 3.96. The number of hydrogen-bond donors (Lipinski definition) is 1. The molecule has 1 aromatic carbocycles. The molecule has 0 radical (unpaired) electrons. The molecule has 1 N–H and O–H groups in total. The molecule has 1 aromatic rings. The van der Waals surface area contributed by atoms with Crippen molar-refractivity contribution < 1.29 is 9.90 Å². The lowest BCUT2D eigenvalue weighted by atomic mass is 10.1. The highest BCUT2D eigenvalue weighted by Gasteiger charge is 2.01. The summed E-state index contributed by atoms with van der Waals surface area (Å²) >= 11 is 1.74. The highest BCUT2D eigenvalue weighted by molar-refractivity contribution is 7.98. The van der Waals surface area contributed by atoms with Crippen molar-refractivity contribution in [2.75, 3.05) is 6.26 Å². The molecule has 1 rings (SSSR count). The zero-order chi connectivity index (χ0) is 11.3. The predicted molar refractivity (Wildman–Crippen MR) is 63.5 cm³/mol. The van der Waals surface area contributed by atoms with E-state index in [1.165, 1.54) is 16.0 Å². The van der Waals surface area contributed by atoms with E-state index in [9.17, 15) is 4.79 Å². The average Bonchev–Trinajstić information content (AvgIpc) is 2.17. The predicted octanol–water partition coefficient (Wildman–Crippen LogP) is 3.12. The number of rotatable bonds is 5. The molecular formula is C12H16O2S. The standard InChI is InChI=1S/C12H16O2S/c1-9-8-10(4-3-5-12(13)14)6-7-11(9)15-2/h6-8H,3-5H2,1-2H3,(H,13,14). The molecule has 0 unspecified atom stereocenters. The highest BCUT2D eigenvalue weighted by atomic mass is 32.2. The van der Waals surface area contributed by atoms with Crippen LogP contribution < -0.4 is 0 Å². The van der Waals surface area contributed by atoms with Crippen LogP contribution in [0.15, 0.2) is 23.1 Å². The van der Waals surface area contributed by atoms with Gasteiger partial charge in [0.25, 0.3) is 0 Å². The van der Waals surface area contributed by atoms with E-state index >= 15 is 0 Å². The van der Waals surface area contributed by atoms with Gasteiger partial charge in [-0.05, 0) is 43.2 Å². The fourth-order valence-corrected chi connectivity index (χ4v) is 2.12. The molecule has 0 amide bonds. The first-order valence-electron chi connectivity index (χ1n) is 4.99. The van der Waals surface area contributed by atoms with Crippen LogP contribution >= 0.6 is 11.8 Å². The normalized spacial score (nSPS) is 10.3. The molecule has 0 saturated heterocycles. The first-order valence-corrected chi connectivity index (χ1v) is 6.21. The minimum atomic E-state index is -0.715. The number of aryl methyl sites for hydroxylation is 2. The van der Waals surface area contributed by atoms with Crippen molar-refractivity contribution in [1.82, 2.24) is 0 Å². The molecule has 2 nitrogen and oxygen atoms in total. The molecular weight excluding hydrogens is 208 g/mol. The van der Waals surface area contributed by atoms with Gasteiger partial charge in [-0.2, -0.15) is 0 Å². The van der Waals surface area contributed by atoms with Gasteiger partial charge in [0, 0.05) is 11.3 Å². The van der Waals surface area contributed by atoms with Gasteiger partial charge >= 0.3 is 5.97 Å². The third-order valence-corrected chi connectivity index (χ3v) is 3.21. The van der Waals surface area contributed by atoms with Crippen LogP contribution in [0.3, 0.4) is 0 Å². The van der Waals surface area contributed by atoms with E-state index in [1.807, 2.05) is 0 Å². The Labute approximate surface area is 94.7 Å². The van der Waals surface area contributed by atoms with E-state index in [0.717, 1.165) is 6.42 Å². The lowest BCUT2D eigenvalue weighted by Crippen LogP contribution is -1.96. The Hall–Kier alpha value is -0.960. The van der Waals surface area contributed by atoms with Gasteiger partial charge in [-0.3, -0.25) is 4.79 Å². The topological polar surface area (TPSA) is 37.3 Å². The molecule has 0 aliphatic carbocycles. The maximum Gasteiger partial charge on any atom is 0.303 e. The summed E-state index contributed by atoms with van der Waals surface area (Å²) in [6, 6.07) is 6.34. The molecule has 0 aromatic heterocycles. The summed E-state index contributed by atoms with van der Waals surface area (Å²) in [5.41, 5.74) is 2.50. The Morgan fingerprint density at radius 3 is 2.73 bits per heavy atom. The Morgan fingerprint density at radius 2 is 2.20 bits per heavy atom. The summed E-state index contributed by atoms with van der Waals surface area (Å²) in [4.78, 5) is 11.6. The smallest absolute Gasteiger partial charge is 0.303 e. The van der Waals surface area contributed by atoms with Crippen LogP contribution in [-0.2, 0) is 11.2 Å². The Morgan fingerprint density at radius 1 is 1.47 bits per heavy atom. The quantitative estimate of drug-likeness (QED) is 0.781. The number of thioether (sulfide) groups is 1. The summed E-state index contributed by atoms with van der Waals surface area (Å²) in [6.45, 7) is 2.09. The van der Waals surface area contributed by atoms with Crippen LogP contribution in [0.2, 0.25) is 0 Å². The van der Waals surface area contributed by atoms with Crippen molar-refractivity contribution in [2.45, 2.75) is 31.1 Å². The van der Waals surface area contributed by atoms with E-state index in [2.05, 4.69) is 31.4 Å². The van der Waals surface area contributed by atoms with Crippen LogP contribution in [0.25, 0.3) is 0 Å². The monoisotopic (exact) mass is 224 g/mol. The van der Waals surface area contributed by atoms with Crippen molar-refractivity contribution in [1.29, 1.82) is 0 Å². The Balaban J connectivity index is 2.55. The van der Waals surface area contributed by atoms with Crippen molar-refractivity contribution in [3.8, 4) is 0 Å². The van der Waals surface area contributed by atoms with Gasteiger partial charge in [-0.15, -0.1) is 11.8 Å². The fourth-order valence-electron chi connectivity index (χ4n) is 1.54. The van der Waals surface area contributed by atoms with Crippen molar-refractivity contribution in [3.63, 3.8) is 0 Å². The second-order valence-electron chi connectivity index (χ2n) is 3.55. The summed E-state index contributed by atoms with van der Waals surface area (Å²) in [5, 5.41) is 8.52. The molecule has 0 saturated carbocycles. The van der Waals surface area contributed by atoms with Crippen LogP contribution in [0, 0.1) is 6.92 Å². The summed E-state index contributed by atoms with van der Waals surface area (Å²) in [5.74, 6) is -0.715. The molecule has 0 fully saturated rings. The SMILES string of the molecule is CSc1ccc(CCCC(=O)O)cc1C. The molecule has 15 heavy (non-hydrogen) atoms. The van der Waals surface area contributed by atoms with E-state index in [0.29, 0.717) is 6.42 Å². The molecule has 0 aliphatic heterocycles. The van der Waals surface area contributed by atoms with E-state index in [4.69, 9.17) is 5.11 Å². The number of carbonyl (C=O) groups is 1. The number of aliphatic carboxylic acids is 1. The molecule has 0 atom stereocenters. The first-order chi connectivity index (χ1) is 7.13. The summed E-state index contributed by atoms with van der Waals surface area (Å²) < 4.78 is 0. The summed E-state index contributed by atoms with van der Waals surface area (Å²) in [6.07, 6.45) is 3.88. The van der Waals surface area contributed by atoms with E-state index in [1.54, 1.807) is 11.8 Å². The molecule has 0 spiro atoms. The minimum Gasteiger partial charge on any atom is -0.481 e. The first kappa shape index (κ1) is 12.1. The third-order valence-electron chi connectivity index (χ3n) is 2.32. The zero-order valence-corrected chi connectivity index (χ0v) is 9.93. The molecule has 0 bridgehead atoms. The second kappa shape index (κ2) is 5.81. The second-order valence-corrected chi connectivity index (χ2v) is 4.40. The number of hydrogen-bond acceptors (Lipinski definition) is 2. The van der Waals surface area contributed by atoms with Gasteiger partial charge in [-0.1, -0.05) is 12.1 Å². The highest BCUT2D eigenvalue weighted by Crippen LogP contribution is 2.21. The maximum absolute atomic E-state index is 10.4. The Kier molecular flexibility index (Phi) is 4.69. The lowest BCUT2D eigenvalue weighted by Gasteiger charge is -2.05. The van der Waals surface area contributed by atoms with Gasteiger partial charge < -0.3 is 5.11 Å². The van der Waals surface area contributed by atoms with Crippen LogP contribution in [0.4, 0.5) is 0 Å². The number of benzene rings is 1. The fraction of sp³-hybridized carbons (Fsp3) is 0.417. The van der Waals surface area contributed by atoms with Crippen LogP contribution in [-0.4, -0.2) is 17.3 Å². The zero-order valence-electron chi connectivity index (χ0n) is 9.12. The van der Waals surface area contributed by atoms with Crippen LogP contribution in [0.5, 0.6) is 0 Å². The van der Waals surface area contributed by atoms with E-state index in [-0.39, 0.29) is 6.42 Å². The largest absolute Gasteiger partial charge is 0.481 e. The van der Waals surface area contributed by atoms with Crippen molar-refractivity contribution in [2.24, 2.45) is 0 Å². The Bertz CT molecular complexity index is 347. The van der Waals surface area contributed by atoms with Gasteiger partial charge in [0.15, 0.2) is 0 Å². The van der Waals surface area contributed by atoms with Crippen molar-refractivity contribution >= 4 is 17.7 Å². The number of carboxylic acids is 1. The molecule has 82 valence electrons.